The van der Waals surface area contributed by atoms with Crippen LogP contribution in [-0.4, -0.2) is 67.2 Å². The Balaban J connectivity index is 1.72. The maximum absolute atomic E-state index is 11.7. The molecule has 5 nitrogen and oxygen atoms in total. The molecule has 0 aromatic heterocycles. The summed E-state index contributed by atoms with van der Waals surface area (Å²) < 4.78 is 5.63. The molecule has 2 saturated heterocycles. The fourth-order valence-electron chi connectivity index (χ4n) is 2.52. The van der Waals surface area contributed by atoms with Gasteiger partial charge in [0.2, 0.25) is 5.91 Å². The number of amides is 1. The molecule has 2 aliphatic heterocycles. The summed E-state index contributed by atoms with van der Waals surface area (Å²) in [7, 11) is 0. The van der Waals surface area contributed by atoms with E-state index in [1.807, 2.05) is 4.90 Å². The summed E-state index contributed by atoms with van der Waals surface area (Å²) in [4.78, 5) is 16.0. The number of piperazine rings is 1. The Morgan fingerprint density at radius 3 is 2.65 bits per heavy atom. The lowest BCUT2D eigenvalue weighted by Crippen LogP contribution is -2.53. The topological polar surface area (TPSA) is 58.8 Å². The van der Waals surface area contributed by atoms with Gasteiger partial charge in [0.05, 0.1) is 12.1 Å². The second-order valence-electron chi connectivity index (χ2n) is 5.05. The predicted molar refractivity (Wildman–Crippen MR) is 65.6 cm³/mol. The van der Waals surface area contributed by atoms with Crippen LogP contribution in [0.25, 0.3) is 0 Å². The molecule has 0 aliphatic carbocycles. The molecule has 2 heterocycles. The van der Waals surface area contributed by atoms with Crippen LogP contribution in [0.5, 0.6) is 0 Å². The van der Waals surface area contributed by atoms with Crippen molar-refractivity contribution >= 4 is 5.91 Å². The van der Waals surface area contributed by atoms with Crippen LogP contribution in [0.3, 0.4) is 0 Å². The molecule has 0 radical (unpaired) electrons. The predicted octanol–water partition coefficient (Wildman–Crippen LogP) is -0.343. The largest absolute Gasteiger partial charge is 0.377 e. The molecule has 5 heteroatoms. The highest BCUT2D eigenvalue weighted by Gasteiger charge is 2.25. The fourth-order valence-corrected chi connectivity index (χ4v) is 2.52. The molecule has 2 atom stereocenters. The third-order valence-electron chi connectivity index (χ3n) is 3.56. The zero-order chi connectivity index (χ0) is 12.3. The molecular formula is C12H23N3O2. The summed E-state index contributed by atoms with van der Waals surface area (Å²) in [5.74, 6) is 0.0711. The number of nitrogens with two attached hydrogens (primary N) is 1. The lowest BCUT2D eigenvalue weighted by Gasteiger charge is -2.36. The third kappa shape index (κ3) is 3.40. The van der Waals surface area contributed by atoms with Crippen molar-refractivity contribution in [3.05, 3.63) is 0 Å². The number of hydrogen-bond donors (Lipinski definition) is 1. The lowest BCUT2D eigenvalue weighted by atomic mass is 10.2. The van der Waals surface area contributed by atoms with Crippen LogP contribution in [0.2, 0.25) is 0 Å². The van der Waals surface area contributed by atoms with E-state index in [2.05, 4.69) is 4.90 Å². The maximum Gasteiger partial charge on any atom is 0.239 e. The van der Waals surface area contributed by atoms with Crippen molar-refractivity contribution in [1.29, 1.82) is 0 Å². The van der Waals surface area contributed by atoms with Crippen LogP contribution in [0.4, 0.5) is 0 Å². The summed E-state index contributed by atoms with van der Waals surface area (Å²) in [5, 5.41) is 0. The number of carbonyl (C=O) groups excluding carboxylic acids is 1. The number of hydrogen-bond acceptors (Lipinski definition) is 4. The molecule has 2 aliphatic rings. The highest BCUT2D eigenvalue weighted by Crippen LogP contribution is 2.14. The minimum absolute atomic E-state index is 0.0711. The molecule has 17 heavy (non-hydrogen) atoms. The van der Waals surface area contributed by atoms with E-state index in [-0.39, 0.29) is 11.9 Å². The van der Waals surface area contributed by atoms with E-state index in [0.717, 1.165) is 39.3 Å². The van der Waals surface area contributed by atoms with Crippen molar-refractivity contribution in [3.8, 4) is 0 Å². The zero-order valence-electron chi connectivity index (χ0n) is 10.6. The zero-order valence-corrected chi connectivity index (χ0v) is 10.6. The van der Waals surface area contributed by atoms with Gasteiger partial charge in [-0.2, -0.15) is 0 Å². The number of ether oxygens (including phenoxy) is 1. The Bertz CT molecular complexity index is 256. The van der Waals surface area contributed by atoms with Crippen molar-refractivity contribution in [1.82, 2.24) is 9.80 Å². The molecule has 0 bridgehead atoms. The second kappa shape index (κ2) is 5.80. The summed E-state index contributed by atoms with van der Waals surface area (Å²) in [5.41, 5.74) is 5.61. The van der Waals surface area contributed by atoms with Gasteiger partial charge < -0.3 is 15.4 Å². The molecule has 0 spiro atoms. The van der Waals surface area contributed by atoms with Crippen LogP contribution < -0.4 is 5.73 Å². The van der Waals surface area contributed by atoms with Gasteiger partial charge >= 0.3 is 0 Å². The minimum Gasteiger partial charge on any atom is -0.377 e. The fraction of sp³-hybridized carbons (Fsp3) is 0.917. The molecule has 0 aromatic rings. The van der Waals surface area contributed by atoms with Gasteiger partial charge in [0.25, 0.3) is 0 Å². The van der Waals surface area contributed by atoms with Gasteiger partial charge in [-0.3, -0.25) is 9.69 Å². The average molecular weight is 241 g/mol. The molecule has 1 amide bonds. The first-order valence-electron chi connectivity index (χ1n) is 6.55. The molecule has 2 rings (SSSR count). The van der Waals surface area contributed by atoms with E-state index < -0.39 is 0 Å². The maximum atomic E-state index is 11.7. The SMILES string of the molecule is C[C@H](N)C(=O)N1CCN(CC2CCCO2)CC1. The van der Waals surface area contributed by atoms with E-state index in [0.29, 0.717) is 6.10 Å². The molecule has 98 valence electrons. The van der Waals surface area contributed by atoms with Crippen LogP contribution in [-0.2, 0) is 9.53 Å². The van der Waals surface area contributed by atoms with E-state index in [4.69, 9.17) is 10.5 Å². The standard InChI is InChI=1S/C12H23N3O2/c1-10(13)12(16)15-6-4-14(5-7-15)9-11-3-2-8-17-11/h10-11H,2-9,13H2,1H3/t10-,11?/m0/s1. The van der Waals surface area contributed by atoms with Gasteiger partial charge in [-0.05, 0) is 19.8 Å². The highest BCUT2D eigenvalue weighted by molar-refractivity contribution is 5.81. The second-order valence-corrected chi connectivity index (χ2v) is 5.05. The monoisotopic (exact) mass is 241 g/mol. The van der Waals surface area contributed by atoms with E-state index in [9.17, 15) is 4.79 Å². The van der Waals surface area contributed by atoms with Crippen LogP contribution in [0.15, 0.2) is 0 Å². The normalized spacial score (nSPS) is 28.4. The molecule has 0 aromatic carbocycles. The van der Waals surface area contributed by atoms with Crippen LogP contribution in [0, 0.1) is 0 Å². The lowest BCUT2D eigenvalue weighted by molar-refractivity contribution is -0.134. The Hall–Kier alpha value is -0.650. The molecule has 0 saturated carbocycles. The first kappa shape index (κ1) is 12.8. The van der Waals surface area contributed by atoms with Crippen molar-refractivity contribution in [3.63, 3.8) is 0 Å². The Morgan fingerprint density at radius 2 is 2.12 bits per heavy atom. The summed E-state index contributed by atoms with van der Waals surface area (Å²) >= 11 is 0. The average Bonchev–Trinajstić information content (AvgIpc) is 2.82. The smallest absolute Gasteiger partial charge is 0.239 e. The Morgan fingerprint density at radius 1 is 1.41 bits per heavy atom. The minimum atomic E-state index is -0.375. The van der Waals surface area contributed by atoms with Gasteiger partial charge in [0.1, 0.15) is 0 Å². The molecular weight excluding hydrogens is 218 g/mol. The van der Waals surface area contributed by atoms with Gasteiger partial charge in [-0.15, -0.1) is 0 Å². The van der Waals surface area contributed by atoms with Crippen molar-refractivity contribution < 1.29 is 9.53 Å². The van der Waals surface area contributed by atoms with E-state index >= 15 is 0 Å². The summed E-state index contributed by atoms with van der Waals surface area (Å²) in [6.45, 7) is 7.16. The van der Waals surface area contributed by atoms with Gasteiger partial charge in [0.15, 0.2) is 0 Å². The Kier molecular flexibility index (Phi) is 4.36. The van der Waals surface area contributed by atoms with Gasteiger partial charge in [-0.1, -0.05) is 0 Å². The van der Waals surface area contributed by atoms with Crippen molar-refractivity contribution in [2.75, 3.05) is 39.3 Å². The molecule has 2 N–H and O–H groups in total. The van der Waals surface area contributed by atoms with Gasteiger partial charge in [-0.25, -0.2) is 0 Å². The summed E-state index contributed by atoms with van der Waals surface area (Å²) in [6.07, 6.45) is 2.78. The Labute approximate surface area is 103 Å². The number of rotatable bonds is 3. The number of nitrogens with zero attached hydrogens (tertiary/aromatic N) is 2. The quantitative estimate of drug-likeness (QED) is 0.734. The van der Waals surface area contributed by atoms with Crippen molar-refractivity contribution in [2.45, 2.75) is 31.9 Å². The van der Waals surface area contributed by atoms with Crippen LogP contribution in [0.1, 0.15) is 19.8 Å². The third-order valence-corrected chi connectivity index (χ3v) is 3.56. The first-order valence-corrected chi connectivity index (χ1v) is 6.55. The highest BCUT2D eigenvalue weighted by atomic mass is 16.5. The van der Waals surface area contributed by atoms with Gasteiger partial charge in [0, 0.05) is 39.3 Å². The van der Waals surface area contributed by atoms with Crippen molar-refractivity contribution in [2.24, 2.45) is 5.73 Å². The molecule has 1 unspecified atom stereocenters. The number of carbonyl (C=O) groups is 1. The van der Waals surface area contributed by atoms with E-state index in [1.165, 1.54) is 12.8 Å². The van der Waals surface area contributed by atoms with Crippen LogP contribution >= 0.6 is 0 Å². The summed E-state index contributed by atoms with van der Waals surface area (Å²) in [6, 6.07) is -0.375. The first-order chi connectivity index (χ1) is 8.16. The molecule has 2 fully saturated rings. The van der Waals surface area contributed by atoms with E-state index in [1.54, 1.807) is 6.92 Å².